The molecule has 2 rings (SSSR count). The van der Waals surface area contributed by atoms with Crippen molar-refractivity contribution >= 4 is 11.9 Å². The molecule has 0 spiro atoms. The Balaban J connectivity index is 1.90. The van der Waals surface area contributed by atoms with Crippen molar-refractivity contribution in [3.63, 3.8) is 0 Å². The molecule has 0 N–H and O–H groups in total. The van der Waals surface area contributed by atoms with Gasteiger partial charge >= 0.3 is 0 Å². The second kappa shape index (κ2) is 4.55. The van der Waals surface area contributed by atoms with Crippen molar-refractivity contribution in [2.45, 2.75) is 5.16 Å². The molecule has 1 fully saturated rings. The van der Waals surface area contributed by atoms with Crippen LogP contribution in [0, 0.1) is 0 Å². The predicted octanol–water partition coefficient (Wildman–Crippen LogP) is 0.816. The van der Waals surface area contributed by atoms with E-state index in [4.69, 9.17) is 4.74 Å². The highest BCUT2D eigenvalue weighted by atomic mass is 32.2. The monoisotopic (exact) mass is 197 g/mol. The van der Waals surface area contributed by atoms with Crippen molar-refractivity contribution < 1.29 is 4.74 Å². The van der Waals surface area contributed by atoms with Crippen molar-refractivity contribution in [3.05, 3.63) is 18.5 Å². The molecule has 1 aliphatic heterocycles. The van der Waals surface area contributed by atoms with Crippen LogP contribution in [-0.4, -0.2) is 40.6 Å². The lowest BCUT2D eigenvalue weighted by Crippen LogP contribution is -2.31. The summed E-state index contributed by atoms with van der Waals surface area (Å²) in [5, 5.41) is 0.810. The number of ether oxygens (including phenoxy) is 1. The van der Waals surface area contributed by atoms with E-state index in [0.29, 0.717) is 0 Å². The first-order chi connectivity index (χ1) is 6.45. The Morgan fingerprint density at radius 2 is 1.92 bits per heavy atom. The summed E-state index contributed by atoms with van der Waals surface area (Å²) in [7, 11) is 0. The Morgan fingerprint density at radius 1 is 1.23 bits per heavy atom. The Morgan fingerprint density at radius 3 is 2.62 bits per heavy atom. The molecule has 1 aromatic heterocycles. The number of nitrogens with zero attached hydrogens (tertiary/aromatic N) is 3. The Bertz CT molecular complexity index is 251. The van der Waals surface area contributed by atoms with Crippen molar-refractivity contribution in [2.75, 3.05) is 26.3 Å². The topological polar surface area (TPSA) is 38.2 Å². The average Bonchev–Trinajstić information content (AvgIpc) is 2.21. The van der Waals surface area contributed by atoms with Crippen molar-refractivity contribution in [2.24, 2.45) is 0 Å². The lowest BCUT2D eigenvalue weighted by Gasteiger charge is -2.24. The number of rotatable bonds is 2. The summed E-state index contributed by atoms with van der Waals surface area (Å²) in [5.74, 6) is 0. The maximum absolute atomic E-state index is 5.24. The molecule has 1 aliphatic rings. The zero-order valence-corrected chi connectivity index (χ0v) is 8.04. The van der Waals surface area contributed by atoms with Crippen LogP contribution in [0.3, 0.4) is 0 Å². The van der Waals surface area contributed by atoms with Crippen molar-refractivity contribution in [1.82, 2.24) is 14.3 Å². The van der Waals surface area contributed by atoms with Gasteiger partial charge in [0.25, 0.3) is 0 Å². The summed E-state index contributed by atoms with van der Waals surface area (Å²) in [6.07, 6.45) is 3.52. The van der Waals surface area contributed by atoms with Gasteiger partial charge in [-0.1, -0.05) is 0 Å². The lowest BCUT2D eigenvalue weighted by atomic mass is 10.5. The summed E-state index contributed by atoms with van der Waals surface area (Å²) < 4.78 is 7.46. The minimum atomic E-state index is 0.805. The van der Waals surface area contributed by atoms with Crippen LogP contribution in [0.4, 0.5) is 0 Å². The van der Waals surface area contributed by atoms with Gasteiger partial charge in [0.15, 0.2) is 0 Å². The zero-order valence-electron chi connectivity index (χ0n) is 7.22. The number of aromatic nitrogens is 2. The molecule has 2 heterocycles. The highest BCUT2D eigenvalue weighted by Gasteiger charge is 2.12. The molecule has 13 heavy (non-hydrogen) atoms. The van der Waals surface area contributed by atoms with Gasteiger partial charge in [-0.25, -0.2) is 14.3 Å². The van der Waals surface area contributed by atoms with Crippen LogP contribution in [0.1, 0.15) is 0 Å². The second-order valence-corrected chi connectivity index (χ2v) is 3.73. The highest BCUT2D eigenvalue weighted by molar-refractivity contribution is 7.96. The fourth-order valence-electron chi connectivity index (χ4n) is 1.09. The summed E-state index contributed by atoms with van der Waals surface area (Å²) in [6.45, 7) is 3.51. The van der Waals surface area contributed by atoms with Gasteiger partial charge in [0, 0.05) is 25.5 Å². The maximum Gasteiger partial charge on any atom is 0.203 e. The molecule has 0 aromatic carbocycles. The lowest BCUT2D eigenvalue weighted by molar-refractivity contribution is 0.0772. The summed E-state index contributed by atoms with van der Waals surface area (Å²) in [5.41, 5.74) is 0. The van der Waals surface area contributed by atoms with Crippen LogP contribution < -0.4 is 0 Å². The van der Waals surface area contributed by atoms with Gasteiger partial charge in [-0.3, -0.25) is 0 Å². The van der Waals surface area contributed by atoms with E-state index >= 15 is 0 Å². The molecule has 0 saturated carbocycles. The molecule has 0 atom stereocenters. The van der Waals surface area contributed by atoms with Gasteiger partial charge in [0.1, 0.15) is 0 Å². The largest absolute Gasteiger partial charge is 0.379 e. The van der Waals surface area contributed by atoms with Crippen LogP contribution in [-0.2, 0) is 4.74 Å². The molecule has 5 heteroatoms. The molecule has 4 nitrogen and oxygen atoms in total. The molecule has 0 radical (unpaired) electrons. The molecular weight excluding hydrogens is 186 g/mol. The quantitative estimate of drug-likeness (QED) is 0.518. The minimum Gasteiger partial charge on any atom is -0.379 e. The second-order valence-electron chi connectivity index (χ2n) is 2.66. The summed E-state index contributed by atoms with van der Waals surface area (Å²) in [4.78, 5) is 8.28. The molecule has 0 aliphatic carbocycles. The van der Waals surface area contributed by atoms with E-state index in [1.54, 1.807) is 24.3 Å². The van der Waals surface area contributed by atoms with Crippen LogP contribution in [0.25, 0.3) is 0 Å². The van der Waals surface area contributed by atoms with E-state index < -0.39 is 0 Å². The average molecular weight is 197 g/mol. The van der Waals surface area contributed by atoms with E-state index in [0.717, 1.165) is 31.5 Å². The maximum atomic E-state index is 5.24. The normalized spacial score (nSPS) is 18.8. The minimum absolute atomic E-state index is 0.805. The number of morpholine rings is 1. The van der Waals surface area contributed by atoms with E-state index in [9.17, 15) is 0 Å². The molecule has 70 valence electrons. The smallest absolute Gasteiger partial charge is 0.203 e. The number of hydrogen-bond donors (Lipinski definition) is 0. The van der Waals surface area contributed by atoms with Gasteiger partial charge < -0.3 is 4.74 Å². The summed E-state index contributed by atoms with van der Waals surface area (Å²) >= 11 is 1.60. The Labute approximate surface area is 81.5 Å². The molecular formula is C8H11N3OS. The van der Waals surface area contributed by atoms with E-state index in [1.165, 1.54) is 0 Å². The SMILES string of the molecule is c1cnc(SN2CCOCC2)nc1. The predicted molar refractivity (Wildman–Crippen MR) is 50.3 cm³/mol. The number of hydrogen-bond acceptors (Lipinski definition) is 5. The first kappa shape index (κ1) is 8.93. The fraction of sp³-hybridized carbons (Fsp3) is 0.500. The molecule has 0 bridgehead atoms. The third-order valence-electron chi connectivity index (χ3n) is 1.72. The molecule has 0 unspecified atom stereocenters. The van der Waals surface area contributed by atoms with Gasteiger partial charge in [-0.15, -0.1) is 0 Å². The standard InChI is InChI=1S/C8H11N3OS/c1-2-9-8(10-3-1)13-11-4-6-12-7-5-11/h1-3H,4-7H2. The van der Waals surface area contributed by atoms with Crippen LogP contribution in [0.2, 0.25) is 0 Å². The zero-order chi connectivity index (χ0) is 8.93. The van der Waals surface area contributed by atoms with Gasteiger partial charge in [0.2, 0.25) is 5.16 Å². The molecule has 0 amide bonds. The van der Waals surface area contributed by atoms with E-state index in [2.05, 4.69) is 14.3 Å². The molecule has 1 saturated heterocycles. The Hall–Kier alpha value is -0.650. The highest BCUT2D eigenvalue weighted by Crippen LogP contribution is 2.18. The van der Waals surface area contributed by atoms with Gasteiger partial charge in [0.05, 0.1) is 13.2 Å². The third-order valence-corrected chi connectivity index (χ3v) is 2.72. The Kier molecular flexibility index (Phi) is 3.12. The van der Waals surface area contributed by atoms with E-state index in [-0.39, 0.29) is 0 Å². The summed E-state index contributed by atoms with van der Waals surface area (Å²) in [6, 6.07) is 1.82. The van der Waals surface area contributed by atoms with Gasteiger partial charge in [-0.05, 0) is 18.0 Å². The van der Waals surface area contributed by atoms with E-state index in [1.807, 2.05) is 6.07 Å². The van der Waals surface area contributed by atoms with Crippen molar-refractivity contribution in [1.29, 1.82) is 0 Å². The fourth-order valence-corrected chi connectivity index (χ4v) is 1.86. The molecule has 1 aromatic rings. The van der Waals surface area contributed by atoms with Crippen LogP contribution in [0.5, 0.6) is 0 Å². The first-order valence-electron chi connectivity index (χ1n) is 4.23. The van der Waals surface area contributed by atoms with Crippen LogP contribution in [0.15, 0.2) is 23.6 Å². The first-order valence-corrected chi connectivity index (χ1v) is 5.00. The third kappa shape index (κ3) is 2.65. The van der Waals surface area contributed by atoms with Crippen molar-refractivity contribution in [3.8, 4) is 0 Å². The van der Waals surface area contributed by atoms with Gasteiger partial charge in [-0.2, -0.15) is 0 Å². The van der Waals surface area contributed by atoms with Crippen LogP contribution >= 0.6 is 11.9 Å².